The lowest BCUT2D eigenvalue weighted by atomic mass is 10.1. The number of nitrogens with zero attached hydrogens (tertiary/aromatic N) is 1. The number of guanidine groups is 1. The molecule has 0 saturated heterocycles. The normalized spacial score (nSPS) is 13.7. The summed E-state index contributed by atoms with van der Waals surface area (Å²) in [6, 6.07) is 0.391. The third-order valence-electron chi connectivity index (χ3n) is 2.08. The van der Waals surface area contributed by atoms with Gasteiger partial charge in [0.2, 0.25) is 5.96 Å². The van der Waals surface area contributed by atoms with Crippen LogP contribution in [0.4, 0.5) is 0 Å². The van der Waals surface area contributed by atoms with Crippen molar-refractivity contribution in [3.8, 4) is 0 Å². The first-order valence-electron chi connectivity index (χ1n) is 5.51. The van der Waals surface area contributed by atoms with Gasteiger partial charge >= 0.3 is 0 Å². The number of aliphatic imine (C=N–C) groups is 1. The second kappa shape index (κ2) is 9.73. The second-order valence-corrected chi connectivity index (χ2v) is 3.56. The van der Waals surface area contributed by atoms with Gasteiger partial charge in [0, 0.05) is 13.2 Å². The smallest absolute Gasteiger partial charge is 0.206 e. The summed E-state index contributed by atoms with van der Waals surface area (Å²) in [6.07, 6.45) is 3.55. The lowest BCUT2D eigenvalue weighted by Gasteiger charge is -2.15. The Balaban J connectivity index is 3.80. The molecule has 0 rings (SSSR count). The van der Waals surface area contributed by atoms with E-state index in [0.29, 0.717) is 25.2 Å². The molecule has 15 heavy (non-hydrogen) atoms. The van der Waals surface area contributed by atoms with E-state index < -0.39 is 0 Å². The van der Waals surface area contributed by atoms with E-state index in [1.165, 1.54) is 12.8 Å². The van der Waals surface area contributed by atoms with Crippen LogP contribution in [-0.4, -0.2) is 32.3 Å². The molecule has 0 aliphatic heterocycles. The summed E-state index contributed by atoms with van der Waals surface area (Å²) in [5.74, 6) is 5.98. The average Bonchev–Trinajstić information content (AvgIpc) is 2.25. The zero-order valence-corrected chi connectivity index (χ0v) is 10.0. The topological polar surface area (TPSA) is 71.7 Å². The van der Waals surface area contributed by atoms with Gasteiger partial charge in [-0.25, -0.2) is 10.8 Å². The van der Waals surface area contributed by atoms with E-state index in [4.69, 9.17) is 10.6 Å². The van der Waals surface area contributed by atoms with Gasteiger partial charge in [0.1, 0.15) is 0 Å². The molecule has 5 heteroatoms. The summed E-state index contributed by atoms with van der Waals surface area (Å²) >= 11 is 0. The number of hydrogen-bond acceptors (Lipinski definition) is 3. The van der Waals surface area contributed by atoms with Gasteiger partial charge in [-0.05, 0) is 13.3 Å². The fraction of sp³-hybridized carbons (Fsp3) is 0.900. The predicted molar refractivity (Wildman–Crippen MR) is 63.6 cm³/mol. The number of methoxy groups -OCH3 is 1. The SMILES string of the molecule is CCCCC(C)NC(=NCCOC)NN. The Morgan fingerprint density at radius 1 is 1.53 bits per heavy atom. The Labute approximate surface area is 92.4 Å². The van der Waals surface area contributed by atoms with E-state index in [1.807, 2.05) is 0 Å². The number of ether oxygens (including phenoxy) is 1. The van der Waals surface area contributed by atoms with Crippen molar-refractivity contribution in [1.82, 2.24) is 10.7 Å². The first-order chi connectivity index (χ1) is 7.24. The van der Waals surface area contributed by atoms with Crippen molar-refractivity contribution >= 4 is 5.96 Å². The first kappa shape index (κ1) is 14.2. The van der Waals surface area contributed by atoms with Crippen molar-refractivity contribution in [1.29, 1.82) is 0 Å². The fourth-order valence-corrected chi connectivity index (χ4v) is 1.20. The van der Waals surface area contributed by atoms with Gasteiger partial charge in [0.15, 0.2) is 0 Å². The van der Waals surface area contributed by atoms with Gasteiger partial charge in [0.05, 0.1) is 13.2 Å². The zero-order valence-electron chi connectivity index (χ0n) is 10.0. The zero-order chi connectivity index (χ0) is 11.5. The summed E-state index contributed by atoms with van der Waals surface area (Å²) < 4.78 is 4.90. The van der Waals surface area contributed by atoms with E-state index in [0.717, 1.165) is 6.42 Å². The molecule has 4 N–H and O–H groups in total. The average molecular weight is 216 g/mol. The van der Waals surface area contributed by atoms with Gasteiger partial charge in [0.25, 0.3) is 0 Å². The molecule has 5 nitrogen and oxygen atoms in total. The minimum Gasteiger partial charge on any atom is -0.383 e. The van der Waals surface area contributed by atoms with Crippen LogP contribution in [0.1, 0.15) is 33.1 Å². The van der Waals surface area contributed by atoms with E-state index >= 15 is 0 Å². The van der Waals surface area contributed by atoms with E-state index in [2.05, 4.69) is 29.6 Å². The molecule has 90 valence electrons. The third kappa shape index (κ3) is 8.20. The number of hydrazine groups is 1. The maximum absolute atomic E-state index is 5.35. The summed E-state index contributed by atoms with van der Waals surface area (Å²) in [4.78, 5) is 4.22. The van der Waals surface area contributed by atoms with Crippen molar-refractivity contribution in [2.45, 2.75) is 39.2 Å². The van der Waals surface area contributed by atoms with E-state index in [1.54, 1.807) is 7.11 Å². The van der Waals surface area contributed by atoms with Crippen LogP contribution < -0.4 is 16.6 Å². The Bertz CT molecular complexity index is 173. The molecule has 1 unspecified atom stereocenters. The Hall–Kier alpha value is -0.810. The number of unbranched alkanes of at least 4 members (excludes halogenated alkanes) is 1. The molecule has 0 aliphatic carbocycles. The minimum absolute atomic E-state index is 0.391. The monoisotopic (exact) mass is 216 g/mol. The third-order valence-corrected chi connectivity index (χ3v) is 2.08. The van der Waals surface area contributed by atoms with Crippen LogP contribution in [0.2, 0.25) is 0 Å². The van der Waals surface area contributed by atoms with Gasteiger partial charge in [-0.2, -0.15) is 0 Å². The molecule has 0 aliphatic rings. The highest BCUT2D eigenvalue weighted by Crippen LogP contribution is 1.98. The maximum Gasteiger partial charge on any atom is 0.206 e. The maximum atomic E-state index is 5.35. The molecular weight excluding hydrogens is 192 g/mol. The first-order valence-corrected chi connectivity index (χ1v) is 5.51. The van der Waals surface area contributed by atoms with Crippen molar-refractivity contribution in [3.05, 3.63) is 0 Å². The van der Waals surface area contributed by atoms with Crippen LogP contribution in [0.15, 0.2) is 4.99 Å². The van der Waals surface area contributed by atoms with Gasteiger partial charge in [-0.15, -0.1) is 0 Å². The summed E-state index contributed by atoms with van der Waals surface area (Å²) in [6.45, 7) is 5.53. The van der Waals surface area contributed by atoms with Crippen molar-refractivity contribution in [3.63, 3.8) is 0 Å². The second-order valence-electron chi connectivity index (χ2n) is 3.56. The molecule has 0 saturated carbocycles. The highest BCUT2D eigenvalue weighted by molar-refractivity contribution is 5.79. The predicted octanol–water partition coefficient (Wildman–Crippen LogP) is 0.620. The summed E-state index contributed by atoms with van der Waals surface area (Å²) in [5.41, 5.74) is 2.55. The lowest BCUT2D eigenvalue weighted by molar-refractivity contribution is 0.208. The molecule has 0 aromatic carbocycles. The van der Waals surface area contributed by atoms with Crippen molar-refractivity contribution in [2.24, 2.45) is 10.8 Å². The van der Waals surface area contributed by atoms with Crippen LogP contribution in [0, 0.1) is 0 Å². The molecule has 0 aromatic rings. The van der Waals surface area contributed by atoms with Crippen molar-refractivity contribution in [2.75, 3.05) is 20.3 Å². The van der Waals surface area contributed by atoms with E-state index in [9.17, 15) is 0 Å². The van der Waals surface area contributed by atoms with Crippen LogP contribution in [0.5, 0.6) is 0 Å². The number of hydrogen-bond donors (Lipinski definition) is 3. The highest BCUT2D eigenvalue weighted by atomic mass is 16.5. The Morgan fingerprint density at radius 2 is 2.27 bits per heavy atom. The molecule has 0 amide bonds. The standard InChI is InChI=1S/C10H24N4O/c1-4-5-6-9(2)13-10(14-11)12-7-8-15-3/h9H,4-8,11H2,1-3H3,(H2,12,13,14). The lowest BCUT2D eigenvalue weighted by Crippen LogP contribution is -2.45. The molecule has 0 spiro atoms. The van der Waals surface area contributed by atoms with Crippen LogP contribution in [-0.2, 0) is 4.74 Å². The highest BCUT2D eigenvalue weighted by Gasteiger charge is 2.02. The van der Waals surface area contributed by atoms with Crippen LogP contribution in [0.3, 0.4) is 0 Å². The van der Waals surface area contributed by atoms with Gasteiger partial charge in [-0.1, -0.05) is 19.8 Å². The fourth-order valence-electron chi connectivity index (χ4n) is 1.20. The molecule has 0 heterocycles. The number of nitrogens with two attached hydrogens (primary N) is 1. The molecule has 0 radical (unpaired) electrons. The minimum atomic E-state index is 0.391. The summed E-state index contributed by atoms with van der Waals surface area (Å²) in [5, 5.41) is 3.22. The number of rotatable bonds is 7. The molecule has 0 fully saturated rings. The van der Waals surface area contributed by atoms with Crippen molar-refractivity contribution < 1.29 is 4.74 Å². The van der Waals surface area contributed by atoms with Gasteiger partial charge in [-0.3, -0.25) is 5.43 Å². The molecule has 1 atom stereocenters. The Morgan fingerprint density at radius 3 is 2.80 bits per heavy atom. The van der Waals surface area contributed by atoms with Crippen LogP contribution in [0.25, 0.3) is 0 Å². The quantitative estimate of drug-likeness (QED) is 0.192. The summed E-state index contributed by atoms with van der Waals surface area (Å²) in [7, 11) is 1.66. The molecular formula is C10H24N4O. The number of nitrogens with one attached hydrogen (secondary N) is 2. The molecule has 0 aromatic heterocycles. The largest absolute Gasteiger partial charge is 0.383 e. The molecule has 0 bridgehead atoms. The van der Waals surface area contributed by atoms with Crippen LogP contribution >= 0.6 is 0 Å². The Kier molecular flexibility index (Phi) is 9.21. The van der Waals surface area contributed by atoms with E-state index in [-0.39, 0.29) is 0 Å². The van der Waals surface area contributed by atoms with Gasteiger partial charge < -0.3 is 10.1 Å².